The quantitative estimate of drug-likeness (QED) is 0.516. The Labute approximate surface area is 117 Å². The molecule has 0 saturated heterocycles. The summed E-state index contributed by atoms with van der Waals surface area (Å²) in [6.45, 7) is 0.430. The molecule has 6 heteroatoms. The van der Waals surface area contributed by atoms with Crippen LogP contribution in [0.3, 0.4) is 0 Å². The van der Waals surface area contributed by atoms with Crippen molar-refractivity contribution in [2.24, 2.45) is 5.84 Å². The van der Waals surface area contributed by atoms with Crippen molar-refractivity contribution < 1.29 is 9.53 Å². The van der Waals surface area contributed by atoms with E-state index in [-0.39, 0.29) is 5.91 Å². The molecule has 1 aromatic heterocycles. The number of ether oxygens (including phenoxy) is 1. The predicted octanol–water partition coefficient (Wildman–Crippen LogP) is 2.69. The number of carbonyl (C=O) groups is 1. The first-order chi connectivity index (χ1) is 8.69. The molecule has 2 rings (SSSR count). The Morgan fingerprint density at radius 2 is 2.22 bits per heavy atom. The van der Waals surface area contributed by atoms with Gasteiger partial charge in [0.1, 0.15) is 12.4 Å². The molecule has 4 nitrogen and oxygen atoms in total. The number of thiophene rings is 1. The Bertz CT molecular complexity index is 557. The maximum Gasteiger partial charge on any atom is 0.275 e. The van der Waals surface area contributed by atoms with Gasteiger partial charge < -0.3 is 4.74 Å². The molecular weight excluding hydrogens is 316 g/mol. The van der Waals surface area contributed by atoms with Gasteiger partial charge in [0, 0.05) is 9.35 Å². The van der Waals surface area contributed by atoms with E-state index in [0.717, 1.165) is 15.1 Å². The topological polar surface area (TPSA) is 64.3 Å². The van der Waals surface area contributed by atoms with Crippen LogP contribution in [0.25, 0.3) is 0 Å². The number of benzene rings is 1. The van der Waals surface area contributed by atoms with Crippen LogP contribution < -0.4 is 16.0 Å². The van der Waals surface area contributed by atoms with Gasteiger partial charge in [0.2, 0.25) is 0 Å². The minimum atomic E-state index is -0.284. The molecule has 1 heterocycles. The molecule has 3 N–H and O–H groups in total. The van der Waals surface area contributed by atoms with Crippen molar-refractivity contribution in [2.45, 2.75) is 6.61 Å². The number of halogens is 1. The second-order valence-corrected chi connectivity index (χ2v) is 5.57. The molecule has 0 unspecified atom stereocenters. The summed E-state index contributed by atoms with van der Waals surface area (Å²) in [5.74, 6) is 5.56. The molecule has 0 radical (unpaired) electrons. The van der Waals surface area contributed by atoms with Crippen molar-refractivity contribution in [1.29, 1.82) is 0 Å². The van der Waals surface area contributed by atoms with Crippen LogP contribution >= 0.6 is 27.3 Å². The van der Waals surface area contributed by atoms with Crippen LogP contribution in [0.2, 0.25) is 0 Å². The van der Waals surface area contributed by atoms with Crippen molar-refractivity contribution in [3.63, 3.8) is 0 Å². The van der Waals surface area contributed by atoms with Crippen molar-refractivity contribution in [2.75, 3.05) is 0 Å². The van der Waals surface area contributed by atoms with Gasteiger partial charge in [-0.1, -0.05) is 22.0 Å². The van der Waals surface area contributed by atoms with Gasteiger partial charge in [-0.15, -0.1) is 11.3 Å². The zero-order valence-electron chi connectivity index (χ0n) is 9.35. The van der Waals surface area contributed by atoms with Crippen LogP contribution in [0.5, 0.6) is 5.75 Å². The SMILES string of the molecule is NNC(=O)c1ccc(COc2cccc(Br)c2)s1. The lowest BCUT2D eigenvalue weighted by Crippen LogP contribution is -2.29. The molecule has 0 atom stereocenters. The van der Waals surface area contributed by atoms with Gasteiger partial charge in [0.25, 0.3) is 5.91 Å². The molecule has 0 bridgehead atoms. The van der Waals surface area contributed by atoms with Crippen molar-refractivity contribution in [3.05, 3.63) is 50.6 Å². The summed E-state index contributed by atoms with van der Waals surface area (Å²) in [6.07, 6.45) is 0. The lowest BCUT2D eigenvalue weighted by atomic mass is 10.3. The van der Waals surface area contributed by atoms with E-state index in [9.17, 15) is 4.79 Å². The molecule has 0 aliphatic heterocycles. The monoisotopic (exact) mass is 326 g/mol. The van der Waals surface area contributed by atoms with E-state index in [1.807, 2.05) is 30.3 Å². The number of rotatable bonds is 4. The van der Waals surface area contributed by atoms with Crippen LogP contribution in [-0.4, -0.2) is 5.91 Å². The van der Waals surface area contributed by atoms with E-state index >= 15 is 0 Å². The first kappa shape index (κ1) is 13.1. The molecular formula is C12H11BrN2O2S. The number of nitrogens with one attached hydrogen (secondary N) is 1. The number of hydrogen-bond donors (Lipinski definition) is 2. The normalized spacial score (nSPS) is 10.1. The molecule has 2 aromatic rings. The highest BCUT2D eigenvalue weighted by Crippen LogP contribution is 2.21. The van der Waals surface area contributed by atoms with Gasteiger partial charge in [-0.2, -0.15) is 0 Å². The minimum Gasteiger partial charge on any atom is -0.488 e. The van der Waals surface area contributed by atoms with E-state index in [2.05, 4.69) is 21.4 Å². The first-order valence-corrected chi connectivity index (χ1v) is 6.78. The number of hydrogen-bond acceptors (Lipinski definition) is 4. The number of hydrazine groups is 1. The van der Waals surface area contributed by atoms with Gasteiger partial charge in [0.05, 0.1) is 4.88 Å². The highest BCUT2D eigenvalue weighted by molar-refractivity contribution is 9.10. The molecule has 0 spiro atoms. The lowest BCUT2D eigenvalue weighted by molar-refractivity contribution is 0.0957. The third-order valence-electron chi connectivity index (χ3n) is 2.19. The van der Waals surface area contributed by atoms with E-state index in [0.29, 0.717) is 11.5 Å². The molecule has 0 aliphatic carbocycles. The standard InChI is InChI=1S/C12H11BrN2O2S/c13-8-2-1-3-9(6-8)17-7-10-4-5-11(18-10)12(16)15-14/h1-6H,7,14H2,(H,15,16). The summed E-state index contributed by atoms with van der Waals surface area (Å²) in [5, 5.41) is 0. The van der Waals surface area contributed by atoms with Crippen LogP contribution in [0.4, 0.5) is 0 Å². The highest BCUT2D eigenvalue weighted by atomic mass is 79.9. The minimum absolute atomic E-state index is 0.284. The second kappa shape index (κ2) is 5.99. The van der Waals surface area contributed by atoms with Gasteiger partial charge in [-0.05, 0) is 30.3 Å². The zero-order chi connectivity index (χ0) is 13.0. The summed E-state index contributed by atoms with van der Waals surface area (Å²) in [4.78, 5) is 12.8. The molecule has 0 saturated carbocycles. The lowest BCUT2D eigenvalue weighted by Gasteiger charge is -2.04. The maximum absolute atomic E-state index is 11.3. The van der Waals surface area contributed by atoms with Gasteiger partial charge in [-0.3, -0.25) is 10.2 Å². The van der Waals surface area contributed by atoms with Crippen LogP contribution in [0.15, 0.2) is 40.9 Å². The zero-order valence-corrected chi connectivity index (χ0v) is 11.8. The maximum atomic E-state index is 11.3. The van der Waals surface area contributed by atoms with Crippen molar-refractivity contribution in [3.8, 4) is 5.75 Å². The molecule has 94 valence electrons. The smallest absolute Gasteiger partial charge is 0.275 e. The number of nitrogen functional groups attached to an aromatic ring is 1. The van der Waals surface area contributed by atoms with Crippen LogP contribution in [-0.2, 0) is 6.61 Å². The fraction of sp³-hybridized carbons (Fsp3) is 0.0833. The number of amides is 1. The largest absolute Gasteiger partial charge is 0.488 e. The summed E-state index contributed by atoms with van der Waals surface area (Å²) in [5.41, 5.74) is 2.10. The van der Waals surface area contributed by atoms with E-state index in [1.165, 1.54) is 11.3 Å². The molecule has 1 amide bonds. The molecule has 1 aromatic carbocycles. The fourth-order valence-corrected chi connectivity index (χ4v) is 2.56. The average Bonchev–Trinajstić information content (AvgIpc) is 2.84. The van der Waals surface area contributed by atoms with Crippen LogP contribution in [0.1, 0.15) is 14.5 Å². The van der Waals surface area contributed by atoms with E-state index < -0.39 is 0 Å². The molecule has 18 heavy (non-hydrogen) atoms. The number of nitrogens with two attached hydrogens (primary N) is 1. The second-order valence-electron chi connectivity index (χ2n) is 3.49. The van der Waals surface area contributed by atoms with Gasteiger partial charge in [0.15, 0.2) is 0 Å². The Morgan fingerprint density at radius 3 is 2.94 bits per heavy atom. The Hall–Kier alpha value is -1.37. The third-order valence-corrected chi connectivity index (χ3v) is 3.74. The predicted molar refractivity (Wildman–Crippen MR) is 74.4 cm³/mol. The average molecular weight is 327 g/mol. The molecule has 0 fully saturated rings. The third kappa shape index (κ3) is 3.32. The Morgan fingerprint density at radius 1 is 1.39 bits per heavy atom. The van der Waals surface area contributed by atoms with Crippen molar-refractivity contribution in [1.82, 2.24) is 5.43 Å². The Balaban J connectivity index is 1.98. The number of carbonyl (C=O) groups excluding carboxylic acids is 1. The summed E-state index contributed by atoms with van der Waals surface area (Å²) in [7, 11) is 0. The van der Waals surface area contributed by atoms with Gasteiger partial charge in [-0.25, -0.2) is 5.84 Å². The van der Waals surface area contributed by atoms with Crippen molar-refractivity contribution >= 4 is 33.2 Å². The first-order valence-electron chi connectivity index (χ1n) is 5.17. The van der Waals surface area contributed by atoms with Gasteiger partial charge >= 0.3 is 0 Å². The summed E-state index contributed by atoms with van der Waals surface area (Å²) >= 11 is 4.74. The highest BCUT2D eigenvalue weighted by Gasteiger charge is 2.07. The van der Waals surface area contributed by atoms with E-state index in [1.54, 1.807) is 6.07 Å². The summed E-state index contributed by atoms with van der Waals surface area (Å²) in [6, 6.07) is 11.2. The Kier molecular flexibility index (Phi) is 4.35. The summed E-state index contributed by atoms with van der Waals surface area (Å²) < 4.78 is 6.58. The van der Waals surface area contributed by atoms with Crippen LogP contribution in [0, 0.1) is 0 Å². The fourth-order valence-electron chi connectivity index (χ4n) is 1.36. The van der Waals surface area contributed by atoms with E-state index in [4.69, 9.17) is 10.6 Å². The molecule has 0 aliphatic rings.